The zero-order valence-corrected chi connectivity index (χ0v) is 12.5. The standard InChI is InChI=1S/C17H18NOP/c1-14-18-15(12-19-14)13-20(16-8-4-2-5-9-16)17-10-6-3-7-11-17/h2-11,15H,12-13H2,1H3/t15-/m0/s1. The molecule has 0 fully saturated rings. The Hall–Kier alpha value is -1.66. The highest BCUT2D eigenvalue weighted by Gasteiger charge is 2.22. The third-order valence-corrected chi connectivity index (χ3v) is 6.01. The lowest BCUT2D eigenvalue weighted by atomic mass is 10.4. The summed E-state index contributed by atoms with van der Waals surface area (Å²) in [6, 6.07) is 21.8. The third-order valence-electron chi connectivity index (χ3n) is 3.38. The molecule has 20 heavy (non-hydrogen) atoms. The Balaban J connectivity index is 1.88. The average molecular weight is 283 g/mol. The summed E-state index contributed by atoms with van der Waals surface area (Å²) in [7, 11) is -0.368. The zero-order chi connectivity index (χ0) is 13.8. The number of nitrogens with zero attached hydrogens (tertiary/aromatic N) is 1. The monoisotopic (exact) mass is 283 g/mol. The van der Waals surface area contributed by atoms with Crippen molar-refractivity contribution in [1.82, 2.24) is 0 Å². The molecule has 102 valence electrons. The third kappa shape index (κ3) is 3.08. The SMILES string of the molecule is CC1=N[C@H](CP(c2ccccc2)c2ccccc2)CO1. The molecule has 0 saturated carbocycles. The van der Waals surface area contributed by atoms with Gasteiger partial charge in [0.2, 0.25) is 0 Å². The van der Waals surface area contributed by atoms with Crippen LogP contribution in [-0.2, 0) is 4.74 Å². The van der Waals surface area contributed by atoms with E-state index in [1.807, 2.05) is 6.92 Å². The molecular formula is C17H18NOP. The molecule has 1 aliphatic heterocycles. The smallest absolute Gasteiger partial charge is 0.180 e. The van der Waals surface area contributed by atoms with E-state index < -0.39 is 0 Å². The zero-order valence-electron chi connectivity index (χ0n) is 11.6. The van der Waals surface area contributed by atoms with E-state index >= 15 is 0 Å². The lowest BCUT2D eigenvalue weighted by molar-refractivity contribution is 0.322. The number of hydrogen-bond acceptors (Lipinski definition) is 2. The van der Waals surface area contributed by atoms with Crippen molar-refractivity contribution in [2.45, 2.75) is 13.0 Å². The van der Waals surface area contributed by atoms with Crippen LogP contribution in [0.3, 0.4) is 0 Å². The van der Waals surface area contributed by atoms with Crippen molar-refractivity contribution in [3.63, 3.8) is 0 Å². The Morgan fingerprint density at radius 3 is 2.00 bits per heavy atom. The van der Waals surface area contributed by atoms with Gasteiger partial charge in [-0.3, -0.25) is 0 Å². The molecule has 2 aromatic rings. The van der Waals surface area contributed by atoms with Crippen LogP contribution in [0.15, 0.2) is 65.7 Å². The van der Waals surface area contributed by atoms with Gasteiger partial charge in [0, 0.05) is 13.1 Å². The summed E-state index contributed by atoms with van der Waals surface area (Å²) < 4.78 is 5.50. The summed E-state index contributed by atoms with van der Waals surface area (Å²) in [5.41, 5.74) is 0. The minimum Gasteiger partial charge on any atom is -0.479 e. The maximum Gasteiger partial charge on any atom is 0.180 e. The van der Waals surface area contributed by atoms with Crippen molar-refractivity contribution < 1.29 is 4.74 Å². The topological polar surface area (TPSA) is 21.6 Å². The van der Waals surface area contributed by atoms with Crippen LogP contribution in [-0.4, -0.2) is 24.7 Å². The number of rotatable bonds is 4. The van der Waals surface area contributed by atoms with Crippen LogP contribution < -0.4 is 10.6 Å². The van der Waals surface area contributed by atoms with Crippen LogP contribution in [0.5, 0.6) is 0 Å². The molecular weight excluding hydrogens is 265 g/mol. The highest BCUT2D eigenvalue weighted by molar-refractivity contribution is 7.73. The fraction of sp³-hybridized carbons (Fsp3) is 0.235. The number of benzene rings is 2. The fourth-order valence-electron chi connectivity index (χ4n) is 2.43. The molecule has 0 aliphatic carbocycles. The van der Waals surface area contributed by atoms with E-state index in [9.17, 15) is 0 Å². The number of hydrogen-bond donors (Lipinski definition) is 0. The Labute approximate surface area is 121 Å². The maximum absolute atomic E-state index is 5.50. The summed E-state index contributed by atoms with van der Waals surface area (Å²) in [5.74, 6) is 0.825. The second-order valence-electron chi connectivity index (χ2n) is 4.89. The van der Waals surface area contributed by atoms with Crippen LogP contribution in [0.25, 0.3) is 0 Å². The largest absolute Gasteiger partial charge is 0.479 e. The molecule has 1 heterocycles. The molecule has 1 aliphatic rings. The Kier molecular flexibility index (Phi) is 4.13. The molecule has 0 unspecified atom stereocenters. The first-order valence-corrected chi connectivity index (χ1v) is 8.40. The minimum absolute atomic E-state index is 0.293. The van der Waals surface area contributed by atoms with Crippen molar-refractivity contribution in [3.8, 4) is 0 Å². The van der Waals surface area contributed by atoms with Gasteiger partial charge < -0.3 is 4.74 Å². The lowest BCUT2D eigenvalue weighted by Gasteiger charge is -2.20. The van der Waals surface area contributed by atoms with E-state index in [0.717, 1.165) is 18.7 Å². The average Bonchev–Trinajstić information content (AvgIpc) is 2.92. The highest BCUT2D eigenvalue weighted by Crippen LogP contribution is 2.35. The summed E-state index contributed by atoms with van der Waals surface area (Å²) in [6.07, 6.45) is 1.06. The Bertz CT molecular complexity index is 543. The molecule has 0 bridgehead atoms. The van der Waals surface area contributed by atoms with E-state index in [2.05, 4.69) is 65.7 Å². The predicted molar refractivity (Wildman–Crippen MR) is 86.8 cm³/mol. The van der Waals surface area contributed by atoms with Crippen LogP contribution >= 0.6 is 7.92 Å². The van der Waals surface area contributed by atoms with Crippen LogP contribution in [0.4, 0.5) is 0 Å². The van der Waals surface area contributed by atoms with Gasteiger partial charge in [0.25, 0.3) is 0 Å². The van der Waals surface area contributed by atoms with E-state index in [0.29, 0.717) is 6.04 Å². The van der Waals surface area contributed by atoms with Crippen molar-refractivity contribution in [3.05, 3.63) is 60.7 Å². The van der Waals surface area contributed by atoms with Crippen LogP contribution in [0, 0.1) is 0 Å². The highest BCUT2D eigenvalue weighted by atomic mass is 31.1. The lowest BCUT2D eigenvalue weighted by Crippen LogP contribution is -2.21. The quantitative estimate of drug-likeness (QED) is 0.791. The van der Waals surface area contributed by atoms with E-state index in [-0.39, 0.29) is 7.92 Å². The molecule has 2 nitrogen and oxygen atoms in total. The maximum atomic E-state index is 5.50. The molecule has 2 aromatic carbocycles. The van der Waals surface area contributed by atoms with Gasteiger partial charge in [0.15, 0.2) is 5.90 Å². The molecule has 0 aromatic heterocycles. The predicted octanol–water partition coefficient (Wildman–Crippen LogP) is 2.94. The van der Waals surface area contributed by atoms with Crippen LogP contribution in [0.2, 0.25) is 0 Å². The molecule has 3 heteroatoms. The van der Waals surface area contributed by atoms with Crippen molar-refractivity contribution >= 4 is 24.4 Å². The molecule has 0 spiro atoms. The summed E-state index contributed by atoms with van der Waals surface area (Å²) in [5, 5.41) is 2.82. The molecule has 0 amide bonds. The van der Waals surface area contributed by atoms with E-state index in [1.165, 1.54) is 10.6 Å². The first-order valence-electron chi connectivity index (χ1n) is 6.88. The molecule has 0 N–H and O–H groups in total. The van der Waals surface area contributed by atoms with Gasteiger partial charge in [0.05, 0.1) is 6.04 Å². The minimum atomic E-state index is -0.368. The first-order chi connectivity index (χ1) is 9.83. The second kappa shape index (κ2) is 6.19. The number of aliphatic imine (C=N–C) groups is 1. The van der Waals surface area contributed by atoms with E-state index in [4.69, 9.17) is 4.74 Å². The Morgan fingerprint density at radius 1 is 1.00 bits per heavy atom. The molecule has 0 saturated heterocycles. The van der Waals surface area contributed by atoms with Crippen molar-refractivity contribution in [2.24, 2.45) is 4.99 Å². The van der Waals surface area contributed by atoms with Gasteiger partial charge in [-0.05, 0) is 18.5 Å². The summed E-state index contributed by atoms with van der Waals surface area (Å²) in [6.45, 7) is 2.66. The van der Waals surface area contributed by atoms with Gasteiger partial charge >= 0.3 is 0 Å². The normalized spacial score (nSPS) is 17.9. The van der Waals surface area contributed by atoms with Gasteiger partial charge in [-0.2, -0.15) is 0 Å². The van der Waals surface area contributed by atoms with Crippen LogP contribution in [0.1, 0.15) is 6.92 Å². The van der Waals surface area contributed by atoms with Gasteiger partial charge in [-0.1, -0.05) is 60.7 Å². The van der Waals surface area contributed by atoms with E-state index in [1.54, 1.807) is 0 Å². The summed E-state index contributed by atoms with van der Waals surface area (Å²) >= 11 is 0. The van der Waals surface area contributed by atoms with Crippen molar-refractivity contribution in [1.29, 1.82) is 0 Å². The van der Waals surface area contributed by atoms with Gasteiger partial charge in [-0.15, -0.1) is 0 Å². The Morgan fingerprint density at radius 2 is 1.55 bits per heavy atom. The van der Waals surface area contributed by atoms with Gasteiger partial charge in [-0.25, -0.2) is 4.99 Å². The van der Waals surface area contributed by atoms with Crippen molar-refractivity contribution in [2.75, 3.05) is 12.8 Å². The molecule has 3 rings (SSSR count). The first kappa shape index (κ1) is 13.3. The van der Waals surface area contributed by atoms with Gasteiger partial charge in [0.1, 0.15) is 6.61 Å². The summed E-state index contributed by atoms with van der Waals surface area (Å²) in [4.78, 5) is 4.59. The molecule has 1 atom stereocenters. The second-order valence-corrected chi connectivity index (χ2v) is 7.15. The number of ether oxygens (including phenoxy) is 1. The fourth-order valence-corrected chi connectivity index (χ4v) is 4.82. The molecule has 0 radical (unpaired) electrons.